The van der Waals surface area contributed by atoms with Gasteiger partial charge < -0.3 is 5.73 Å². The van der Waals surface area contributed by atoms with Crippen LogP contribution in [0.4, 0.5) is 0 Å². The van der Waals surface area contributed by atoms with Crippen molar-refractivity contribution in [1.82, 2.24) is 4.98 Å². The Labute approximate surface area is 91.4 Å². The summed E-state index contributed by atoms with van der Waals surface area (Å²) >= 11 is 3.34. The average Bonchev–Trinajstić information content (AvgIpc) is 2.86. The Morgan fingerprint density at radius 2 is 2.36 bits per heavy atom. The summed E-state index contributed by atoms with van der Waals surface area (Å²) in [5.74, 6) is 0. The van der Waals surface area contributed by atoms with Crippen LogP contribution in [-0.2, 0) is 0 Å². The molecule has 0 spiro atoms. The first-order valence-electron chi connectivity index (χ1n) is 4.55. The standard InChI is InChI=1S/C10H12N2S2/c1-2-8(11)10-12-9(6-14-10)7-3-4-13-5-7/h3-6,8H,2,11H2,1H3. The minimum atomic E-state index is 0.0902. The van der Waals surface area contributed by atoms with E-state index in [1.54, 1.807) is 22.7 Å². The van der Waals surface area contributed by atoms with Gasteiger partial charge in [-0.1, -0.05) is 6.92 Å². The van der Waals surface area contributed by atoms with Gasteiger partial charge in [-0.3, -0.25) is 0 Å². The molecule has 0 aliphatic carbocycles. The fourth-order valence-corrected chi connectivity index (χ4v) is 2.74. The number of nitrogens with two attached hydrogens (primary N) is 1. The Morgan fingerprint density at radius 1 is 1.50 bits per heavy atom. The van der Waals surface area contributed by atoms with Gasteiger partial charge in [0.15, 0.2) is 0 Å². The highest BCUT2D eigenvalue weighted by molar-refractivity contribution is 7.10. The SMILES string of the molecule is CCC(N)c1nc(-c2ccsc2)cs1. The third-order valence-electron chi connectivity index (χ3n) is 2.10. The highest BCUT2D eigenvalue weighted by Crippen LogP contribution is 2.26. The van der Waals surface area contributed by atoms with E-state index >= 15 is 0 Å². The quantitative estimate of drug-likeness (QED) is 0.869. The molecule has 4 heteroatoms. The molecule has 0 fully saturated rings. The van der Waals surface area contributed by atoms with Gasteiger partial charge in [-0.2, -0.15) is 11.3 Å². The Morgan fingerprint density at radius 3 is 3.00 bits per heavy atom. The van der Waals surface area contributed by atoms with Crippen molar-refractivity contribution >= 4 is 22.7 Å². The van der Waals surface area contributed by atoms with E-state index in [1.165, 1.54) is 5.56 Å². The van der Waals surface area contributed by atoms with E-state index in [0.29, 0.717) is 0 Å². The fraction of sp³-hybridized carbons (Fsp3) is 0.300. The van der Waals surface area contributed by atoms with Crippen molar-refractivity contribution in [3.05, 3.63) is 27.2 Å². The van der Waals surface area contributed by atoms with Crippen molar-refractivity contribution in [1.29, 1.82) is 0 Å². The summed E-state index contributed by atoms with van der Waals surface area (Å²) in [6.45, 7) is 2.08. The molecule has 0 saturated carbocycles. The van der Waals surface area contributed by atoms with Gasteiger partial charge in [0.25, 0.3) is 0 Å². The molecule has 0 aromatic carbocycles. The average molecular weight is 224 g/mol. The second-order valence-corrected chi connectivity index (χ2v) is 4.77. The van der Waals surface area contributed by atoms with Crippen molar-refractivity contribution in [3.63, 3.8) is 0 Å². The summed E-state index contributed by atoms with van der Waals surface area (Å²) in [7, 11) is 0. The molecule has 2 aromatic heterocycles. The maximum Gasteiger partial charge on any atom is 0.110 e. The first kappa shape index (κ1) is 9.83. The van der Waals surface area contributed by atoms with Gasteiger partial charge >= 0.3 is 0 Å². The number of nitrogens with zero attached hydrogens (tertiary/aromatic N) is 1. The third-order valence-corrected chi connectivity index (χ3v) is 3.76. The summed E-state index contributed by atoms with van der Waals surface area (Å²) in [5.41, 5.74) is 8.16. The van der Waals surface area contributed by atoms with Crippen LogP contribution in [0.15, 0.2) is 22.2 Å². The Bertz CT molecular complexity index is 392. The summed E-state index contributed by atoms with van der Waals surface area (Å²) in [5, 5.41) is 7.28. The van der Waals surface area contributed by atoms with Gasteiger partial charge in [0, 0.05) is 16.3 Å². The Hall–Kier alpha value is -0.710. The molecule has 2 rings (SSSR count). The third kappa shape index (κ3) is 1.87. The molecule has 0 radical (unpaired) electrons. The zero-order valence-corrected chi connectivity index (χ0v) is 9.57. The number of hydrogen-bond acceptors (Lipinski definition) is 4. The Kier molecular flexibility index (Phi) is 2.96. The lowest BCUT2D eigenvalue weighted by Gasteiger charge is -2.02. The predicted molar refractivity (Wildman–Crippen MR) is 62.6 cm³/mol. The van der Waals surface area contributed by atoms with E-state index in [1.807, 2.05) is 0 Å². The molecule has 2 N–H and O–H groups in total. The summed E-state index contributed by atoms with van der Waals surface area (Å²) in [4.78, 5) is 4.52. The van der Waals surface area contributed by atoms with E-state index in [0.717, 1.165) is 17.1 Å². The molecule has 0 aliphatic rings. The van der Waals surface area contributed by atoms with Crippen LogP contribution in [0.1, 0.15) is 24.4 Å². The van der Waals surface area contributed by atoms with Crippen LogP contribution >= 0.6 is 22.7 Å². The normalized spacial score (nSPS) is 13.0. The van der Waals surface area contributed by atoms with Crippen molar-refractivity contribution in [3.8, 4) is 11.3 Å². The lowest BCUT2D eigenvalue weighted by atomic mass is 10.2. The minimum Gasteiger partial charge on any atom is -0.322 e. The van der Waals surface area contributed by atoms with Gasteiger partial charge in [-0.25, -0.2) is 4.98 Å². The van der Waals surface area contributed by atoms with Crippen molar-refractivity contribution in [2.24, 2.45) is 5.73 Å². The maximum absolute atomic E-state index is 5.91. The van der Waals surface area contributed by atoms with Crippen LogP contribution in [0.2, 0.25) is 0 Å². The molecule has 74 valence electrons. The van der Waals surface area contributed by atoms with Gasteiger partial charge in [0.05, 0.1) is 11.7 Å². The number of hydrogen-bond donors (Lipinski definition) is 1. The molecule has 0 aliphatic heterocycles. The second kappa shape index (κ2) is 4.21. The first-order chi connectivity index (χ1) is 6.81. The predicted octanol–water partition coefficient (Wildman–Crippen LogP) is 3.28. The molecule has 1 atom stereocenters. The summed E-state index contributed by atoms with van der Waals surface area (Å²) in [6, 6.07) is 2.17. The highest BCUT2D eigenvalue weighted by Gasteiger charge is 2.09. The highest BCUT2D eigenvalue weighted by atomic mass is 32.1. The van der Waals surface area contributed by atoms with Crippen LogP contribution in [0.3, 0.4) is 0 Å². The van der Waals surface area contributed by atoms with Gasteiger partial charge in [-0.15, -0.1) is 11.3 Å². The molecule has 2 nitrogen and oxygen atoms in total. The molecule has 0 bridgehead atoms. The maximum atomic E-state index is 5.91. The smallest absolute Gasteiger partial charge is 0.110 e. The lowest BCUT2D eigenvalue weighted by Crippen LogP contribution is -2.07. The molecule has 0 amide bonds. The van der Waals surface area contributed by atoms with E-state index in [2.05, 4.69) is 34.1 Å². The molecule has 0 saturated heterocycles. The zero-order valence-electron chi connectivity index (χ0n) is 7.93. The monoisotopic (exact) mass is 224 g/mol. The molecule has 2 aromatic rings. The molecular weight excluding hydrogens is 212 g/mol. The zero-order chi connectivity index (χ0) is 9.97. The second-order valence-electron chi connectivity index (χ2n) is 3.10. The fourth-order valence-electron chi connectivity index (χ4n) is 1.18. The number of thiazole rings is 1. The van der Waals surface area contributed by atoms with Gasteiger partial charge in [-0.05, 0) is 17.9 Å². The lowest BCUT2D eigenvalue weighted by molar-refractivity contribution is 0.693. The molecule has 14 heavy (non-hydrogen) atoms. The topological polar surface area (TPSA) is 38.9 Å². The molecular formula is C10H12N2S2. The van der Waals surface area contributed by atoms with Crippen molar-refractivity contribution in [2.75, 3.05) is 0 Å². The Balaban J connectivity index is 2.26. The van der Waals surface area contributed by atoms with Crippen molar-refractivity contribution in [2.45, 2.75) is 19.4 Å². The van der Waals surface area contributed by atoms with E-state index in [-0.39, 0.29) is 6.04 Å². The summed E-state index contributed by atoms with van der Waals surface area (Å²) in [6.07, 6.45) is 0.941. The largest absolute Gasteiger partial charge is 0.322 e. The van der Waals surface area contributed by atoms with E-state index in [9.17, 15) is 0 Å². The van der Waals surface area contributed by atoms with E-state index < -0.39 is 0 Å². The van der Waals surface area contributed by atoms with Gasteiger partial charge in [0.2, 0.25) is 0 Å². The van der Waals surface area contributed by atoms with Crippen LogP contribution in [0.5, 0.6) is 0 Å². The number of thiophene rings is 1. The van der Waals surface area contributed by atoms with Crippen LogP contribution in [-0.4, -0.2) is 4.98 Å². The van der Waals surface area contributed by atoms with E-state index in [4.69, 9.17) is 5.73 Å². The summed E-state index contributed by atoms with van der Waals surface area (Å²) < 4.78 is 0. The molecule has 2 heterocycles. The van der Waals surface area contributed by atoms with Gasteiger partial charge in [0.1, 0.15) is 5.01 Å². The van der Waals surface area contributed by atoms with Crippen LogP contribution in [0.25, 0.3) is 11.3 Å². The van der Waals surface area contributed by atoms with Crippen molar-refractivity contribution < 1.29 is 0 Å². The van der Waals surface area contributed by atoms with Crippen LogP contribution in [0, 0.1) is 0 Å². The minimum absolute atomic E-state index is 0.0902. The molecule has 1 unspecified atom stereocenters. The number of aromatic nitrogens is 1. The van der Waals surface area contributed by atoms with Crippen LogP contribution < -0.4 is 5.73 Å². The number of rotatable bonds is 3. The first-order valence-corrected chi connectivity index (χ1v) is 6.37.